The number of hydrogen-bond donors (Lipinski definition) is 0. The summed E-state index contributed by atoms with van der Waals surface area (Å²) in [7, 11) is 2.15. The maximum Gasteiger partial charge on any atom is 0.261 e. The summed E-state index contributed by atoms with van der Waals surface area (Å²) < 4.78 is 0. The van der Waals surface area contributed by atoms with Crippen LogP contribution in [0, 0.1) is 0 Å². The van der Waals surface area contributed by atoms with Crippen LogP contribution in [0.2, 0.25) is 0 Å². The van der Waals surface area contributed by atoms with Crippen molar-refractivity contribution in [1.82, 2.24) is 9.80 Å². The highest BCUT2D eigenvalue weighted by molar-refractivity contribution is 6.23. The van der Waals surface area contributed by atoms with Crippen molar-refractivity contribution in [3.05, 3.63) is 77.4 Å². The Bertz CT molecular complexity index is 1080. The molecule has 0 radical (unpaired) electrons. The minimum absolute atomic E-state index is 0.183. The molecule has 152 valence electrons. The second-order valence-corrected chi connectivity index (χ2v) is 8.18. The number of anilines is 1. The van der Waals surface area contributed by atoms with Gasteiger partial charge in [-0.15, -0.1) is 0 Å². The van der Waals surface area contributed by atoms with Crippen LogP contribution in [0.5, 0.6) is 0 Å². The lowest BCUT2D eigenvalue weighted by molar-refractivity contribution is 0.0656. The van der Waals surface area contributed by atoms with Crippen LogP contribution in [0.4, 0.5) is 5.69 Å². The van der Waals surface area contributed by atoms with Crippen LogP contribution in [-0.4, -0.2) is 61.4 Å². The summed E-state index contributed by atoms with van der Waals surface area (Å²) in [5, 5.41) is 1.97. The fourth-order valence-corrected chi connectivity index (χ4v) is 4.49. The maximum absolute atomic E-state index is 13.0. The molecular weight excluding hydrogens is 374 g/mol. The third-order valence-corrected chi connectivity index (χ3v) is 6.28. The molecule has 2 aliphatic rings. The Kier molecular flexibility index (Phi) is 4.75. The van der Waals surface area contributed by atoms with E-state index in [1.54, 1.807) is 0 Å². The molecule has 0 atom stereocenters. The van der Waals surface area contributed by atoms with E-state index in [2.05, 4.69) is 35.0 Å². The van der Waals surface area contributed by atoms with E-state index in [1.165, 1.54) is 16.2 Å². The predicted octanol–water partition coefficient (Wildman–Crippen LogP) is 3.43. The van der Waals surface area contributed by atoms with E-state index in [4.69, 9.17) is 0 Å². The van der Waals surface area contributed by atoms with Gasteiger partial charge in [-0.1, -0.05) is 42.5 Å². The largest absolute Gasteiger partial charge is 0.369 e. The van der Waals surface area contributed by atoms with E-state index in [0.29, 0.717) is 24.1 Å². The van der Waals surface area contributed by atoms with Gasteiger partial charge in [-0.2, -0.15) is 0 Å². The molecule has 0 unspecified atom stereocenters. The molecule has 0 spiro atoms. The smallest absolute Gasteiger partial charge is 0.261 e. The Balaban J connectivity index is 1.37. The Hall–Kier alpha value is -3.18. The molecule has 0 saturated carbocycles. The number of likely N-dealkylation sites (N-methyl/N-ethyl adjacent to an activating group) is 1. The normalized spacial score (nSPS) is 17.1. The van der Waals surface area contributed by atoms with Crippen LogP contribution in [0.3, 0.4) is 0 Å². The van der Waals surface area contributed by atoms with Crippen LogP contribution >= 0.6 is 0 Å². The molecule has 2 heterocycles. The SMILES string of the molecule is CN1CCN(c2ccccc2CCN2C(=O)c3cc4ccccc4cc3C2=O)CC1. The van der Waals surface area contributed by atoms with Crippen LogP contribution in [0.25, 0.3) is 10.8 Å². The molecule has 2 amide bonds. The summed E-state index contributed by atoms with van der Waals surface area (Å²) >= 11 is 0. The Morgan fingerprint density at radius 3 is 1.97 bits per heavy atom. The molecule has 0 aromatic heterocycles. The zero-order valence-corrected chi connectivity index (χ0v) is 17.2. The fourth-order valence-electron chi connectivity index (χ4n) is 4.49. The first kappa shape index (κ1) is 18.8. The maximum atomic E-state index is 13.0. The number of para-hydroxylation sites is 1. The van der Waals surface area contributed by atoms with E-state index < -0.39 is 0 Å². The molecule has 0 N–H and O–H groups in total. The van der Waals surface area contributed by atoms with Crippen LogP contribution in [-0.2, 0) is 6.42 Å². The predicted molar refractivity (Wildman–Crippen MR) is 119 cm³/mol. The van der Waals surface area contributed by atoms with Crippen molar-refractivity contribution in [1.29, 1.82) is 0 Å². The second kappa shape index (κ2) is 7.58. The molecule has 0 bridgehead atoms. The van der Waals surface area contributed by atoms with E-state index in [-0.39, 0.29) is 11.8 Å². The average Bonchev–Trinajstić information content (AvgIpc) is 3.01. The van der Waals surface area contributed by atoms with E-state index >= 15 is 0 Å². The molecular formula is C25H25N3O2. The number of piperazine rings is 1. The number of benzene rings is 3. The molecule has 30 heavy (non-hydrogen) atoms. The summed E-state index contributed by atoms with van der Waals surface area (Å²) in [6, 6.07) is 19.9. The molecule has 5 heteroatoms. The summed E-state index contributed by atoms with van der Waals surface area (Å²) in [5.41, 5.74) is 3.44. The molecule has 3 aromatic rings. The standard InChI is InChI=1S/C25H25N3O2/c1-26-12-14-27(15-13-26)23-9-5-4-6-18(23)10-11-28-24(29)21-16-19-7-2-3-8-20(19)17-22(21)25(28)30/h2-9,16-17H,10-15H2,1H3. The quantitative estimate of drug-likeness (QED) is 0.631. The van der Waals surface area contributed by atoms with E-state index in [0.717, 1.165) is 37.0 Å². The number of hydrogen-bond acceptors (Lipinski definition) is 4. The summed E-state index contributed by atoms with van der Waals surface area (Å²) in [4.78, 5) is 32.1. The molecule has 0 aliphatic carbocycles. The highest BCUT2D eigenvalue weighted by Gasteiger charge is 2.35. The second-order valence-electron chi connectivity index (χ2n) is 8.18. The summed E-state index contributed by atoms with van der Waals surface area (Å²) in [5.74, 6) is -0.365. The Morgan fingerprint density at radius 2 is 1.33 bits per heavy atom. The van der Waals surface area contributed by atoms with Gasteiger partial charge >= 0.3 is 0 Å². The monoisotopic (exact) mass is 399 g/mol. The number of nitrogens with zero attached hydrogens (tertiary/aromatic N) is 3. The Labute approximate surface area is 176 Å². The highest BCUT2D eigenvalue weighted by Crippen LogP contribution is 2.29. The van der Waals surface area contributed by atoms with E-state index in [9.17, 15) is 9.59 Å². The number of imide groups is 1. The molecule has 1 saturated heterocycles. The third-order valence-electron chi connectivity index (χ3n) is 6.28. The third kappa shape index (κ3) is 3.25. The highest BCUT2D eigenvalue weighted by atomic mass is 16.2. The van der Waals surface area contributed by atoms with Gasteiger partial charge in [-0.25, -0.2) is 0 Å². The van der Waals surface area contributed by atoms with Crippen molar-refractivity contribution in [3.63, 3.8) is 0 Å². The number of carbonyl (C=O) groups is 2. The number of amides is 2. The number of rotatable bonds is 4. The van der Waals surface area contributed by atoms with Gasteiger partial charge in [0, 0.05) is 38.4 Å². The first-order chi connectivity index (χ1) is 14.6. The van der Waals surface area contributed by atoms with Crippen molar-refractivity contribution in [2.24, 2.45) is 0 Å². The van der Waals surface area contributed by atoms with Gasteiger partial charge in [0.1, 0.15) is 0 Å². The van der Waals surface area contributed by atoms with Crippen molar-refractivity contribution in [3.8, 4) is 0 Å². The van der Waals surface area contributed by atoms with Crippen LogP contribution < -0.4 is 4.90 Å². The van der Waals surface area contributed by atoms with Crippen molar-refractivity contribution >= 4 is 28.3 Å². The lowest BCUT2D eigenvalue weighted by atomic mass is 10.0. The lowest BCUT2D eigenvalue weighted by Crippen LogP contribution is -2.44. The van der Waals surface area contributed by atoms with Gasteiger partial charge in [0.25, 0.3) is 11.8 Å². The minimum Gasteiger partial charge on any atom is -0.369 e. The van der Waals surface area contributed by atoms with E-state index in [1.807, 2.05) is 42.5 Å². The molecule has 5 nitrogen and oxygen atoms in total. The first-order valence-corrected chi connectivity index (χ1v) is 10.5. The van der Waals surface area contributed by atoms with Gasteiger partial charge < -0.3 is 9.80 Å². The average molecular weight is 399 g/mol. The minimum atomic E-state index is -0.183. The molecule has 5 rings (SSSR count). The number of fused-ring (bicyclic) bond motifs is 2. The van der Waals surface area contributed by atoms with Crippen LogP contribution in [0.1, 0.15) is 26.3 Å². The van der Waals surface area contributed by atoms with Crippen LogP contribution in [0.15, 0.2) is 60.7 Å². The first-order valence-electron chi connectivity index (χ1n) is 10.5. The van der Waals surface area contributed by atoms with Gasteiger partial charge in [0.05, 0.1) is 11.1 Å². The molecule has 2 aliphatic heterocycles. The zero-order chi connectivity index (χ0) is 20.7. The number of carbonyl (C=O) groups excluding carboxylic acids is 2. The zero-order valence-electron chi connectivity index (χ0n) is 17.2. The summed E-state index contributed by atoms with van der Waals surface area (Å²) in [6.45, 7) is 4.47. The van der Waals surface area contributed by atoms with Gasteiger partial charge in [-0.3, -0.25) is 14.5 Å². The molecule has 3 aromatic carbocycles. The van der Waals surface area contributed by atoms with Crippen molar-refractivity contribution in [2.45, 2.75) is 6.42 Å². The fraction of sp³-hybridized carbons (Fsp3) is 0.280. The molecule has 1 fully saturated rings. The van der Waals surface area contributed by atoms with Crippen molar-refractivity contribution in [2.75, 3.05) is 44.7 Å². The summed E-state index contributed by atoms with van der Waals surface area (Å²) in [6.07, 6.45) is 0.660. The van der Waals surface area contributed by atoms with Gasteiger partial charge in [-0.05, 0) is 48.0 Å². The van der Waals surface area contributed by atoms with Crippen molar-refractivity contribution < 1.29 is 9.59 Å². The Morgan fingerprint density at radius 1 is 0.767 bits per heavy atom. The van der Waals surface area contributed by atoms with Gasteiger partial charge in [0.15, 0.2) is 0 Å². The van der Waals surface area contributed by atoms with Gasteiger partial charge in [0.2, 0.25) is 0 Å². The lowest BCUT2D eigenvalue weighted by Gasteiger charge is -2.35. The topological polar surface area (TPSA) is 43.9 Å².